The number of anilines is 3. The van der Waals surface area contributed by atoms with Gasteiger partial charge in [-0.3, -0.25) is 9.71 Å². The van der Waals surface area contributed by atoms with Crippen LogP contribution < -0.4 is 15.4 Å². The number of nitrogens with one attached hydrogen (secondary N) is 1. The van der Waals surface area contributed by atoms with E-state index in [1.54, 1.807) is 42.7 Å². The molecule has 0 saturated carbocycles. The fraction of sp³-hybridized carbons (Fsp3) is 0.182. The minimum absolute atomic E-state index is 0.0914. The number of pyridine rings is 1. The predicted molar refractivity (Wildman–Crippen MR) is 130 cm³/mol. The van der Waals surface area contributed by atoms with Crippen molar-refractivity contribution in [1.29, 1.82) is 0 Å². The van der Waals surface area contributed by atoms with Crippen molar-refractivity contribution in [3.8, 4) is 21.8 Å². The molecule has 3 N–H and O–H groups in total. The van der Waals surface area contributed by atoms with Crippen LogP contribution in [0.5, 0.6) is 0 Å². The number of thiazole rings is 1. The molecule has 0 radical (unpaired) electrons. The van der Waals surface area contributed by atoms with Gasteiger partial charge in [0.15, 0.2) is 21.9 Å². The second-order valence-corrected chi connectivity index (χ2v) is 9.49. The molecule has 1 aliphatic rings. The first-order valence-corrected chi connectivity index (χ1v) is 12.4. The van der Waals surface area contributed by atoms with Gasteiger partial charge in [-0.2, -0.15) is 0 Å². The van der Waals surface area contributed by atoms with Gasteiger partial charge in [0.1, 0.15) is 0 Å². The highest BCUT2D eigenvalue weighted by atomic mass is 32.2. The summed E-state index contributed by atoms with van der Waals surface area (Å²) in [4.78, 5) is 20.2. The molecule has 0 amide bonds. The van der Waals surface area contributed by atoms with E-state index in [4.69, 9.17) is 15.5 Å². The number of halogens is 1. The molecule has 0 spiro atoms. The minimum atomic E-state index is -1.68. The van der Waals surface area contributed by atoms with Crippen LogP contribution in [0.2, 0.25) is 0 Å². The van der Waals surface area contributed by atoms with E-state index in [1.807, 2.05) is 0 Å². The van der Waals surface area contributed by atoms with Crippen molar-refractivity contribution in [3.05, 3.63) is 60.8 Å². The first-order chi connectivity index (χ1) is 16.6. The number of rotatable bonds is 6. The lowest BCUT2D eigenvalue weighted by molar-refractivity contribution is 0.122. The normalized spacial score (nSPS) is 14.7. The Balaban J connectivity index is 1.56. The summed E-state index contributed by atoms with van der Waals surface area (Å²) in [5.41, 5.74) is 7.14. The molecule has 34 heavy (non-hydrogen) atoms. The Kier molecular flexibility index (Phi) is 6.43. The Morgan fingerprint density at radius 2 is 1.97 bits per heavy atom. The lowest BCUT2D eigenvalue weighted by Gasteiger charge is -2.26. The molecule has 174 valence electrons. The maximum absolute atomic E-state index is 15.7. The number of hydrogen-bond donors (Lipinski definition) is 2. The van der Waals surface area contributed by atoms with Crippen molar-refractivity contribution in [2.75, 3.05) is 41.7 Å². The van der Waals surface area contributed by atoms with Gasteiger partial charge in [-0.25, -0.2) is 23.6 Å². The van der Waals surface area contributed by atoms with Gasteiger partial charge < -0.3 is 15.4 Å². The quantitative estimate of drug-likeness (QED) is 0.416. The summed E-state index contributed by atoms with van der Waals surface area (Å²) in [6.45, 7) is 2.57. The maximum atomic E-state index is 15.7. The smallest absolute Gasteiger partial charge is 0.220 e. The molecular weight excluding hydrogens is 477 g/mol. The number of nitrogen functional groups attached to an aromatic ring is 1. The first kappa shape index (κ1) is 22.3. The van der Waals surface area contributed by atoms with E-state index in [0.717, 1.165) is 5.13 Å². The number of ether oxygens (including phenoxy) is 1. The monoisotopic (exact) mass is 497 g/mol. The second-order valence-electron chi connectivity index (χ2n) is 7.30. The van der Waals surface area contributed by atoms with Crippen LogP contribution in [0.25, 0.3) is 21.8 Å². The Morgan fingerprint density at radius 3 is 2.74 bits per heavy atom. The highest BCUT2D eigenvalue weighted by Gasteiger charge is 2.24. The summed E-state index contributed by atoms with van der Waals surface area (Å²) < 4.78 is 36.6. The minimum Gasteiger partial charge on any atom is -0.378 e. The van der Waals surface area contributed by atoms with Gasteiger partial charge in [-0.1, -0.05) is 17.4 Å². The van der Waals surface area contributed by atoms with E-state index in [0.29, 0.717) is 47.5 Å². The van der Waals surface area contributed by atoms with Gasteiger partial charge >= 0.3 is 0 Å². The fourth-order valence-electron chi connectivity index (χ4n) is 3.46. The molecule has 9 nitrogen and oxygen atoms in total. The Morgan fingerprint density at radius 1 is 1.12 bits per heavy atom. The van der Waals surface area contributed by atoms with Crippen LogP contribution in [-0.2, 0) is 15.7 Å². The Bertz CT molecular complexity index is 1330. The number of nitrogens with zero attached hydrogens (tertiary/aromatic N) is 5. The van der Waals surface area contributed by atoms with Gasteiger partial charge in [0.2, 0.25) is 5.95 Å². The van der Waals surface area contributed by atoms with E-state index >= 15 is 4.39 Å². The summed E-state index contributed by atoms with van der Waals surface area (Å²) in [5, 5.41) is 0.738. The van der Waals surface area contributed by atoms with Crippen molar-refractivity contribution >= 4 is 39.1 Å². The SMILES string of the molecule is Nc1nccc(-c2sc(N3CCOCC3)nc2-c2cccc(NS(=O)c3cccnc3)c2F)n1. The van der Waals surface area contributed by atoms with Crippen LogP contribution in [0, 0.1) is 5.82 Å². The Hall–Kier alpha value is -3.48. The van der Waals surface area contributed by atoms with Gasteiger partial charge in [-0.05, 0) is 30.3 Å². The number of nitrogens with two attached hydrogens (primary N) is 1. The number of morpholine rings is 1. The van der Waals surface area contributed by atoms with Crippen LogP contribution >= 0.6 is 11.3 Å². The van der Waals surface area contributed by atoms with Crippen molar-refractivity contribution in [1.82, 2.24) is 19.9 Å². The van der Waals surface area contributed by atoms with Crippen LogP contribution in [-0.4, -0.2) is 50.4 Å². The second kappa shape index (κ2) is 9.79. The molecule has 0 bridgehead atoms. The molecule has 4 heterocycles. The van der Waals surface area contributed by atoms with E-state index in [2.05, 4.69) is 24.6 Å². The highest BCUT2D eigenvalue weighted by molar-refractivity contribution is 7.86. The van der Waals surface area contributed by atoms with Gasteiger partial charge in [0.25, 0.3) is 0 Å². The van der Waals surface area contributed by atoms with Crippen molar-refractivity contribution in [2.24, 2.45) is 0 Å². The van der Waals surface area contributed by atoms with Crippen molar-refractivity contribution in [2.45, 2.75) is 4.90 Å². The highest BCUT2D eigenvalue weighted by Crippen LogP contribution is 2.41. The Labute approximate surface area is 201 Å². The molecule has 1 aromatic carbocycles. The van der Waals surface area contributed by atoms with Gasteiger partial charge in [-0.15, -0.1) is 0 Å². The number of benzene rings is 1. The molecule has 4 aromatic rings. The zero-order chi connectivity index (χ0) is 23.5. The predicted octanol–water partition coefficient (Wildman–Crippen LogP) is 3.35. The third-order valence-corrected chi connectivity index (χ3v) is 7.32. The number of hydrogen-bond acceptors (Lipinski definition) is 9. The summed E-state index contributed by atoms with van der Waals surface area (Å²) in [6.07, 6.45) is 4.61. The molecule has 3 aromatic heterocycles. The molecule has 12 heteroatoms. The van der Waals surface area contributed by atoms with Crippen LogP contribution in [0.4, 0.5) is 21.2 Å². The van der Waals surface area contributed by atoms with Gasteiger partial charge in [0.05, 0.1) is 40.1 Å². The molecule has 1 atom stereocenters. The average molecular weight is 498 g/mol. The molecule has 1 fully saturated rings. The largest absolute Gasteiger partial charge is 0.378 e. The third kappa shape index (κ3) is 4.60. The van der Waals surface area contributed by atoms with E-state index < -0.39 is 16.8 Å². The van der Waals surface area contributed by atoms with Crippen LogP contribution in [0.3, 0.4) is 0 Å². The molecule has 5 rings (SSSR count). The van der Waals surface area contributed by atoms with E-state index in [9.17, 15) is 4.21 Å². The maximum Gasteiger partial charge on any atom is 0.220 e. The van der Waals surface area contributed by atoms with Crippen LogP contribution in [0.15, 0.2) is 59.9 Å². The van der Waals surface area contributed by atoms with Gasteiger partial charge in [0, 0.05) is 37.2 Å². The summed E-state index contributed by atoms with van der Waals surface area (Å²) in [6, 6.07) is 9.90. The molecule has 0 aliphatic carbocycles. The zero-order valence-corrected chi connectivity index (χ0v) is 19.5. The van der Waals surface area contributed by atoms with E-state index in [-0.39, 0.29) is 17.2 Å². The lowest BCUT2D eigenvalue weighted by atomic mass is 10.1. The zero-order valence-electron chi connectivity index (χ0n) is 17.8. The van der Waals surface area contributed by atoms with Crippen molar-refractivity contribution in [3.63, 3.8) is 0 Å². The average Bonchev–Trinajstić information content (AvgIpc) is 3.32. The summed E-state index contributed by atoms with van der Waals surface area (Å²) >= 11 is 1.41. The number of aromatic nitrogens is 4. The summed E-state index contributed by atoms with van der Waals surface area (Å²) in [7, 11) is -1.68. The topological polar surface area (TPSA) is 119 Å². The van der Waals surface area contributed by atoms with E-state index in [1.165, 1.54) is 23.6 Å². The molecule has 1 saturated heterocycles. The molecule has 1 unspecified atom stereocenters. The fourth-order valence-corrected chi connectivity index (χ4v) is 5.40. The van der Waals surface area contributed by atoms with Crippen molar-refractivity contribution < 1.29 is 13.3 Å². The molecule has 1 aliphatic heterocycles. The summed E-state index contributed by atoms with van der Waals surface area (Å²) in [5.74, 6) is -0.450. The lowest BCUT2D eigenvalue weighted by Crippen LogP contribution is -2.36. The van der Waals surface area contributed by atoms with Crippen LogP contribution in [0.1, 0.15) is 0 Å². The third-order valence-electron chi connectivity index (χ3n) is 5.11. The standard InChI is InChI=1S/C22H20FN7O2S2/c23-18-15(4-1-5-16(18)29-34(31)14-3-2-7-25-13-14)19-20(17-6-8-26-21(24)27-17)33-22(28-19)30-9-11-32-12-10-30/h1-8,13,29H,9-12H2,(H2,24,26,27). The first-order valence-electron chi connectivity index (χ1n) is 10.4. The molecular formula is C22H20FN7O2S2.